The van der Waals surface area contributed by atoms with Crippen LogP contribution < -0.4 is 5.73 Å². The van der Waals surface area contributed by atoms with Gasteiger partial charge in [-0.2, -0.15) is 0 Å². The Hall–Kier alpha value is -2.42. The Kier molecular flexibility index (Phi) is 2.90. The van der Waals surface area contributed by atoms with Crippen molar-refractivity contribution in [3.05, 3.63) is 23.1 Å². The van der Waals surface area contributed by atoms with E-state index in [1.807, 2.05) is 0 Å². The number of nitrogens with two attached hydrogens (primary N) is 1. The average molecular weight is 276 g/mol. The number of aliphatic hydroxyl groups is 1. The standard InChI is InChI=1S/C10H12N8O2/c11-8-7-9(14-4-13-8)18(5-15-7)6-1-2-10(3-19,20-6)16-17-12/h4-6,19H,1-3H2,(H2,11,13,14)/t6-,10+/m1/s1. The van der Waals surface area contributed by atoms with E-state index in [0.717, 1.165) is 0 Å². The number of rotatable bonds is 3. The Morgan fingerprint density at radius 1 is 1.60 bits per heavy atom. The van der Waals surface area contributed by atoms with Gasteiger partial charge in [0.15, 0.2) is 17.2 Å². The largest absolute Gasteiger partial charge is 0.393 e. The van der Waals surface area contributed by atoms with E-state index < -0.39 is 12.0 Å². The molecule has 0 spiro atoms. The number of ether oxygens (including phenoxy) is 1. The fourth-order valence-electron chi connectivity index (χ4n) is 2.30. The van der Waals surface area contributed by atoms with Crippen LogP contribution in [0.1, 0.15) is 19.1 Å². The summed E-state index contributed by atoms with van der Waals surface area (Å²) in [5.74, 6) is 0.287. The van der Waals surface area contributed by atoms with E-state index >= 15 is 0 Å². The molecule has 20 heavy (non-hydrogen) atoms. The highest BCUT2D eigenvalue weighted by molar-refractivity contribution is 5.81. The van der Waals surface area contributed by atoms with Gasteiger partial charge in [-0.25, -0.2) is 15.0 Å². The second-order valence-electron chi connectivity index (χ2n) is 4.49. The van der Waals surface area contributed by atoms with Crippen molar-refractivity contribution in [2.45, 2.75) is 24.8 Å². The fraction of sp³-hybridized carbons (Fsp3) is 0.500. The number of anilines is 1. The van der Waals surface area contributed by atoms with Crippen molar-refractivity contribution in [1.29, 1.82) is 0 Å². The van der Waals surface area contributed by atoms with E-state index in [2.05, 4.69) is 25.0 Å². The zero-order chi connectivity index (χ0) is 14.2. The molecule has 3 heterocycles. The molecule has 0 radical (unpaired) electrons. The Labute approximate surface area is 112 Å². The Balaban J connectivity index is 1.98. The summed E-state index contributed by atoms with van der Waals surface area (Å²) < 4.78 is 7.37. The molecule has 0 bridgehead atoms. The molecule has 10 nitrogen and oxygen atoms in total. The highest BCUT2D eigenvalue weighted by Crippen LogP contribution is 2.38. The second-order valence-corrected chi connectivity index (χ2v) is 4.49. The minimum Gasteiger partial charge on any atom is -0.393 e. The first-order valence-corrected chi connectivity index (χ1v) is 5.97. The maximum absolute atomic E-state index is 9.36. The highest BCUT2D eigenvalue weighted by Gasteiger charge is 2.40. The zero-order valence-electron chi connectivity index (χ0n) is 10.4. The highest BCUT2D eigenvalue weighted by atomic mass is 16.6. The number of aromatic nitrogens is 4. The van der Waals surface area contributed by atoms with Gasteiger partial charge in [0, 0.05) is 4.91 Å². The summed E-state index contributed by atoms with van der Waals surface area (Å²) in [7, 11) is 0. The van der Waals surface area contributed by atoms with Gasteiger partial charge in [-0.1, -0.05) is 5.11 Å². The first-order valence-electron chi connectivity index (χ1n) is 5.97. The van der Waals surface area contributed by atoms with Crippen LogP contribution in [0.2, 0.25) is 0 Å². The van der Waals surface area contributed by atoms with Crippen molar-refractivity contribution in [2.24, 2.45) is 5.11 Å². The molecule has 1 saturated heterocycles. The van der Waals surface area contributed by atoms with Gasteiger partial charge in [0.1, 0.15) is 18.1 Å². The first-order chi connectivity index (χ1) is 9.69. The number of hydrogen-bond donors (Lipinski definition) is 2. The molecular formula is C10H12N8O2. The van der Waals surface area contributed by atoms with Crippen LogP contribution in [0, 0.1) is 0 Å². The monoisotopic (exact) mass is 276 g/mol. The molecule has 0 unspecified atom stereocenters. The number of nitrogen functional groups attached to an aromatic ring is 1. The molecule has 0 amide bonds. The minimum absolute atomic E-state index is 0.287. The number of fused-ring (bicyclic) bond motifs is 1. The maximum atomic E-state index is 9.36. The van der Waals surface area contributed by atoms with Crippen LogP contribution in [0.4, 0.5) is 5.82 Å². The second kappa shape index (κ2) is 4.60. The van der Waals surface area contributed by atoms with Gasteiger partial charge in [-0.15, -0.1) is 0 Å². The maximum Gasteiger partial charge on any atom is 0.172 e. The van der Waals surface area contributed by atoms with E-state index in [1.165, 1.54) is 6.33 Å². The van der Waals surface area contributed by atoms with Crippen LogP contribution in [-0.2, 0) is 4.74 Å². The molecule has 2 aromatic rings. The van der Waals surface area contributed by atoms with Crippen molar-refractivity contribution in [3.63, 3.8) is 0 Å². The molecule has 1 aliphatic heterocycles. The molecule has 3 rings (SSSR count). The summed E-state index contributed by atoms with van der Waals surface area (Å²) in [6.07, 6.45) is 3.45. The van der Waals surface area contributed by atoms with E-state index in [0.29, 0.717) is 24.0 Å². The third-order valence-corrected chi connectivity index (χ3v) is 3.31. The SMILES string of the molecule is [N-]=[N+]=N[C@@]1(CO)CC[C@H](n2cnc3c(N)ncnc32)O1. The van der Waals surface area contributed by atoms with Crippen molar-refractivity contribution >= 4 is 17.0 Å². The van der Waals surface area contributed by atoms with Crippen LogP contribution in [0.15, 0.2) is 17.8 Å². The molecule has 3 N–H and O–H groups in total. The normalized spacial score (nSPS) is 25.8. The van der Waals surface area contributed by atoms with E-state index in [4.69, 9.17) is 16.0 Å². The predicted molar refractivity (Wildman–Crippen MR) is 68.1 cm³/mol. The van der Waals surface area contributed by atoms with Gasteiger partial charge in [-0.05, 0) is 18.4 Å². The van der Waals surface area contributed by atoms with Gasteiger partial charge in [0.25, 0.3) is 0 Å². The van der Waals surface area contributed by atoms with Gasteiger partial charge >= 0.3 is 0 Å². The van der Waals surface area contributed by atoms with Gasteiger partial charge in [-0.3, -0.25) is 4.57 Å². The predicted octanol–water partition coefficient (Wildman–Crippen LogP) is 0.716. The van der Waals surface area contributed by atoms with Crippen LogP contribution in [-0.4, -0.2) is 37.0 Å². The smallest absolute Gasteiger partial charge is 0.172 e. The number of azide groups is 1. The van der Waals surface area contributed by atoms with Gasteiger partial charge < -0.3 is 15.6 Å². The van der Waals surface area contributed by atoms with Crippen LogP contribution in [0.5, 0.6) is 0 Å². The third kappa shape index (κ3) is 1.83. The van der Waals surface area contributed by atoms with E-state index in [1.54, 1.807) is 10.9 Å². The molecule has 0 aromatic carbocycles. The van der Waals surface area contributed by atoms with E-state index in [9.17, 15) is 5.11 Å². The lowest BCUT2D eigenvalue weighted by atomic mass is 10.1. The molecule has 1 fully saturated rings. The first kappa shape index (κ1) is 12.6. The average Bonchev–Trinajstić information content (AvgIpc) is 3.04. The van der Waals surface area contributed by atoms with Gasteiger partial charge in [0.05, 0.1) is 12.9 Å². The van der Waals surface area contributed by atoms with Crippen LogP contribution in [0.3, 0.4) is 0 Å². The lowest BCUT2D eigenvalue weighted by Gasteiger charge is -2.21. The summed E-state index contributed by atoms with van der Waals surface area (Å²) in [4.78, 5) is 14.9. The number of nitrogens with zero attached hydrogens (tertiary/aromatic N) is 7. The molecule has 1 aliphatic rings. The number of aliphatic hydroxyl groups excluding tert-OH is 1. The summed E-state index contributed by atoms with van der Waals surface area (Å²) in [5, 5.41) is 12.9. The molecule has 0 aliphatic carbocycles. The summed E-state index contributed by atoms with van der Waals surface area (Å²) in [6, 6.07) is 0. The summed E-state index contributed by atoms with van der Waals surface area (Å²) in [6.45, 7) is -0.378. The molecule has 0 saturated carbocycles. The quantitative estimate of drug-likeness (QED) is 0.479. The summed E-state index contributed by atoms with van der Waals surface area (Å²) in [5.41, 5.74) is 14.1. The fourth-order valence-corrected chi connectivity index (χ4v) is 2.30. The number of imidazole rings is 1. The Morgan fingerprint density at radius 3 is 3.20 bits per heavy atom. The molecule has 104 valence electrons. The molecule has 2 atom stereocenters. The Bertz CT molecular complexity index is 694. The third-order valence-electron chi connectivity index (χ3n) is 3.31. The molecular weight excluding hydrogens is 264 g/mol. The zero-order valence-corrected chi connectivity index (χ0v) is 10.4. The van der Waals surface area contributed by atoms with Crippen LogP contribution >= 0.6 is 0 Å². The Morgan fingerprint density at radius 2 is 2.45 bits per heavy atom. The molecule has 2 aromatic heterocycles. The number of hydrogen-bond acceptors (Lipinski definition) is 7. The van der Waals surface area contributed by atoms with Crippen molar-refractivity contribution in [2.75, 3.05) is 12.3 Å². The summed E-state index contributed by atoms with van der Waals surface area (Å²) >= 11 is 0. The van der Waals surface area contributed by atoms with Crippen LogP contribution in [0.25, 0.3) is 21.6 Å². The minimum atomic E-state index is -1.23. The lowest BCUT2D eigenvalue weighted by Crippen LogP contribution is -2.30. The lowest BCUT2D eigenvalue weighted by molar-refractivity contribution is -0.0925. The molecule has 10 heteroatoms. The topological polar surface area (TPSA) is 148 Å². The van der Waals surface area contributed by atoms with Crippen molar-refractivity contribution < 1.29 is 9.84 Å². The van der Waals surface area contributed by atoms with Crippen molar-refractivity contribution in [1.82, 2.24) is 19.5 Å². The van der Waals surface area contributed by atoms with E-state index in [-0.39, 0.29) is 12.4 Å². The van der Waals surface area contributed by atoms with Gasteiger partial charge in [0.2, 0.25) is 0 Å². The van der Waals surface area contributed by atoms with Crippen molar-refractivity contribution in [3.8, 4) is 0 Å².